The first-order chi connectivity index (χ1) is 19.7. The van der Waals surface area contributed by atoms with Gasteiger partial charge in [-0.3, -0.25) is 23.6 Å². The molecule has 16 heteroatoms. The molecular formula is C26H41N3O12S. The van der Waals surface area contributed by atoms with Crippen LogP contribution < -0.4 is 19.5 Å². The van der Waals surface area contributed by atoms with Crippen molar-refractivity contribution in [3.63, 3.8) is 0 Å². The zero-order valence-electron chi connectivity index (χ0n) is 24.7. The van der Waals surface area contributed by atoms with Gasteiger partial charge in [0.25, 0.3) is 5.91 Å². The van der Waals surface area contributed by atoms with Crippen molar-refractivity contribution in [3.05, 3.63) is 17.7 Å². The summed E-state index contributed by atoms with van der Waals surface area (Å²) in [5.41, 5.74) is 0.963. The van der Waals surface area contributed by atoms with E-state index in [1.165, 1.54) is 0 Å². The molecule has 1 aromatic rings. The molecule has 0 saturated carbocycles. The van der Waals surface area contributed by atoms with Crippen molar-refractivity contribution in [2.45, 2.75) is 52.0 Å². The van der Waals surface area contributed by atoms with Crippen molar-refractivity contribution in [1.29, 1.82) is 0 Å². The Morgan fingerprint density at radius 2 is 1.60 bits per heavy atom. The average Bonchev–Trinajstić information content (AvgIpc) is 3.73. The number of benzene rings is 1. The molecule has 2 fully saturated rings. The Morgan fingerprint density at radius 1 is 1.00 bits per heavy atom. The number of ether oxygens (including phenoxy) is 5. The summed E-state index contributed by atoms with van der Waals surface area (Å²) in [5.74, 6) is 0.819. The minimum Gasteiger partial charge on any atom is -0.493 e. The van der Waals surface area contributed by atoms with Gasteiger partial charge in [-0.25, -0.2) is 4.79 Å². The number of piperazine rings is 1. The number of nitrogens with one attached hydrogen (secondary N) is 1. The second-order valence-electron chi connectivity index (χ2n) is 9.96. The first kappa shape index (κ1) is 35.0. The smallest absolute Gasteiger partial charge is 0.394 e. The molecule has 1 aromatic carbocycles. The van der Waals surface area contributed by atoms with E-state index in [-0.39, 0.29) is 18.4 Å². The maximum absolute atomic E-state index is 13.4. The lowest BCUT2D eigenvalue weighted by molar-refractivity contribution is -0.144. The average molecular weight is 620 g/mol. The molecule has 0 radical (unpaired) electrons. The van der Waals surface area contributed by atoms with Crippen molar-refractivity contribution < 1.29 is 55.6 Å². The van der Waals surface area contributed by atoms with E-state index >= 15 is 0 Å². The predicted molar refractivity (Wildman–Crippen MR) is 149 cm³/mol. The fourth-order valence-corrected chi connectivity index (χ4v) is 4.54. The van der Waals surface area contributed by atoms with Gasteiger partial charge >= 0.3 is 16.4 Å². The van der Waals surface area contributed by atoms with Crippen LogP contribution in [0.3, 0.4) is 0 Å². The van der Waals surface area contributed by atoms with E-state index < -0.39 is 40.5 Å². The highest BCUT2D eigenvalue weighted by atomic mass is 32.3. The second-order valence-corrected chi connectivity index (χ2v) is 10.9. The Kier molecular flexibility index (Phi) is 13.2. The number of rotatable bonds is 12. The monoisotopic (exact) mass is 619 g/mol. The number of hydrogen-bond acceptors (Lipinski definition) is 11. The minimum atomic E-state index is -4.67. The largest absolute Gasteiger partial charge is 0.493 e. The third-order valence-electron chi connectivity index (χ3n) is 6.45. The summed E-state index contributed by atoms with van der Waals surface area (Å²) in [4.78, 5) is 41.9. The predicted octanol–water partition coefficient (Wildman–Crippen LogP) is 0.565. The number of nitrogens with zero attached hydrogens (tertiary/aromatic N) is 2. The molecule has 1 unspecified atom stereocenters. The first-order valence-corrected chi connectivity index (χ1v) is 14.7. The third-order valence-corrected chi connectivity index (χ3v) is 6.45. The molecule has 2 saturated heterocycles. The van der Waals surface area contributed by atoms with E-state index in [4.69, 9.17) is 41.2 Å². The topological polar surface area (TPSA) is 194 Å². The normalized spacial score (nSPS) is 19.2. The zero-order valence-corrected chi connectivity index (χ0v) is 25.5. The quantitative estimate of drug-likeness (QED) is 0.167. The van der Waals surface area contributed by atoms with Gasteiger partial charge in [-0.1, -0.05) is 19.9 Å². The highest BCUT2D eigenvalue weighted by Crippen LogP contribution is 2.40. The van der Waals surface area contributed by atoms with Crippen molar-refractivity contribution in [2.75, 3.05) is 54.1 Å². The van der Waals surface area contributed by atoms with Crippen LogP contribution in [0.15, 0.2) is 12.1 Å². The summed E-state index contributed by atoms with van der Waals surface area (Å²) < 4.78 is 58.1. The van der Waals surface area contributed by atoms with Gasteiger partial charge in [0.05, 0.1) is 27.9 Å². The Morgan fingerprint density at radius 3 is 2.10 bits per heavy atom. The second kappa shape index (κ2) is 15.9. The summed E-state index contributed by atoms with van der Waals surface area (Å²) >= 11 is 0. The van der Waals surface area contributed by atoms with Crippen LogP contribution in [0.5, 0.6) is 17.2 Å². The van der Waals surface area contributed by atoms with Crippen LogP contribution in [0.4, 0.5) is 0 Å². The molecular weight excluding hydrogens is 578 g/mol. The molecule has 3 atom stereocenters. The van der Waals surface area contributed by atoms with Gasteiger partial charge in [-0.2, -0.15) is 8.42 Å². The molecule has 2 amide bonds. The van der Waals surface area contributed by atoms with Gasteiger partial charge in [0.2, 0.25) is 11.7 Å². The SMILES string of the molecule is CCOC(=O)[C@H]1O[C@@H]1C(=O)NC(CC(C)C)C(=O)N1CCN(Cc2ccc(OC)c(OC)c2OC)CC1.O=S(=O)(O)O. The summed E-state index contributed by atoms with van der Waals surface area (Å²) in [6.07, 6.45) is -1.31. The van der Waals surface area contributed by atoms with Crippen LogP contribution in [-0.2, 0) is 40.8 Å². The van der Waals surface area contributed by atoms with Gasteiger partial charge in [-0.05, 0) is 25.3 Å². The van der Waals surface area contributed by atoms with Crippen molar-refractivity contribution in [2.24, 2.45) is 5.92 Å². The van der Waals surface area contributed by atoms with Gasteiger partial charge in [0.1, 0.15) is 6.04 Å². The lowest BCUT2D eigenvalue weighted by atomic mass is 10.0. The fraction of sp³-hybridized carbons (Fsp3) is 0.654. The van der Waals surface area contributed by atoms with Crippen LogP contribution in [0.25, 0.3) is 0 Å². The molecule has 42 heavy (non-hydrogen) atoms. The highest BCUT2D eigenvalue weighted by Gasteiger charge is 2.52. The highest BCUT2D eigenvalue weighted by molar-refractivity contribution is 7.79. The molecule has 0 spiro atoms. The summed E-state index contributed by atoms with van der Waals surface area (Å²) in [7, 11) is 0.0913. The first-order valence-electron chi connectivity index (χ1n) is 13.3. The number of amides is 2. The summed E-state index contributed by atoms with van der Waals surface area (Å²) in [6.45, 7) is 8.93. The Balaban J connectivity index is 0.00000113. The lowest BCUT2D eigenvalue weighted by Gasteiger charge is -2.37. The van der Waals surface area contributed by atoms with Gasteiger partial charge in [0.15, 0.2) is 23.7 Å². The van der Waals surface area contributed by atoms with E-state index in [1.54, 1.807) is 33.2 Å². The van der Waals surface area contributed by atoms with Crippen molar-refractivity contribution in [1.82, 2.24) is 15.1 Å². The Bertz CT molecular complexity index is 1180. The molecule has 2 heterocycles. The molecule has 3 rings (SSSR count). The third kappa shape index (κ3) is 10.6. The van der Waals surface area contributed by atoms with Crippen LogP contribution >= 0.6 is 0 Å². The van der Waals surface area contributed by atoms with E-state index in [2.05, 4.69) is 10.2 Å². The van der Waals surface area contributed by atoms with Gasteiger partial charge < -0.3 is 33.9 Å². The Hall–Kier alpha value is -3.18. The van der Waals surface area contributed by atoms with Gasteiger partial charge in [0, 0.05) is 38.3 Å². The molecule has 2 aliphatic heterocycles. The van der Waals surface area contributed by atoms with E-state index in [1.807, 2.05) is 26.0 Å². The number of esters is 1. The van der Waals surface area contributed by atoms with Crippen LogP contribution in [0, 0.1) is 5.92 Å². The number of methoxy groups -OCH3 is 3. The van der Waals surface area contributed by atoms with Crippen LogP contribution in [-0.4, -0.2) is 117 Å². The molecule has 238 valence electrons. The fourth-order valence-electron chi connectivity index (χ4n) is 4.54. The molecule has 0 aliphatic carbocycles. The number of carbonyl (C=O) groups excluding carboxylic acids is 3. The molecule has 0 aromatic heterocycles. The standard InChI is InChI=1S/C26H39N3O8.H2O4S/c1-7-36-26(32)23-22(37-23)24(30)27-18(14-16(2)3)25(31)29-12-10-28(11-13-29)15-17-8-9-19(33-4)21(35-6)20(17)34-5;1-5(2,3)4/h8-9,16,18,22-23H,7,10-15H2,1-6H3,(H,27,30);(H2,1,2,3,4)/t18?,22-,23-;/m0./s1. The van der Waals surface area contributed by atoms with Gasteiger partial charge in [-0.15, -0.1) is 0 Å². The molecule has 0 bridgehead atoms. The molecule has 2 aliphatic rings. The summed E-state index contributed by atoms with van der Waals surface area (Å²) in [5, 5.41) is 2.81. The number of epoxide rings is 1. The molecule has 3 N–H and O–H groups in total. The van der Waals surface area contributed by atoms with Crippen LogP contribution in [0.2, 0.25) is 0 Å². The number of hydrogen-bond donors (Lipinski definition) is 3. The maximum atomic E-state index is 13.4. The van der Waals surface area contributed by atoms with E-state index in [0.717, 1.165) is 5.56 Å². The lowest BCUT2D eigenvalue weighted by Crippen LogP contribution is -2.55. The van der Waals surface area contributed by atoms with E-state index in [0.29, 0.717) is 56.4 Å². The zero-order chi connectivity index (χ0) is 31.6. The van der Waals surface area contributed by atoms with Crippen molar-refractivity contribution in [3.8, 4) is 17.2 Å². The van der Waals surface area contributed by atoms with Crippen molar-refractivity contribution >= 4 is 28.2 Å². The Labute approximate surface area is 245 Å². The van der Waals surface area contributed by atoms with E-state index in [9.17, 15) is 14.4 Å². The number of carbonyl (C=O) groups is 3. The maximum Gasteiger partial charge on any atom is 0.394 e. The molecule has 15 nitrogen and oxygen atoms in total. The van der Waals surface area contributed by atoms with Crippen LogP contribution in [0.1, 0.15) is 32.8 Å². The summed E-state index contributed by atoms with van der Waals surface area (Å²) in [6, 6.07) is 3.12. The minimum absolute atomic E-state index is 0.126.